The van der Waals surface area contributed by atoms with Gasteiger partial charge in [-0.2, -0.15) is 0 Å². The molecule has 0 aromatic carbocycles. The molecule has 0 amide bonds. The molecule has 0 radical (unpaired) electrons. The van der Waals surface area contributed by atoms with Gasteiger partial charge in [0, 0.05) is 25.7 Å². The van der Waals surface area contributed by atoms with Crippen molar-refractivity contribution >= 4 is 17.7 Å². The van der Waals surface area contributed by atoms with E-state index in [1.807, 2.05) is 12.2 Å². The van der Waals surface area contributed by atoms with Gasteiger partial charge in [-0.1, -0.05) is 115 Å². The van der Waals surface area contributed by atoms with Gasteiger partial charge in [0.2, 0.25) is 0 Å². The summed E-state index contributed by atoms with van der Waals surface area (Å²) in [5, 5.41) is 0. The van der Waals surface area contributed by atoms with E-state index in [0.717, 1.165) is 51.4 Å². The van der Waals surface area contributed by atoms with E-state index in [0.29, 0.717) is 38.9 Å². The van der Waals surface area contributed by atoms with Crippen molar-refractivity contribution < 1.29 is 23.9 Å². The summed E-state index contributed by atoms with van der Waals surface area (Å²) in [5.41, 5.74) is 0. The number of carbonyl (C=O) groups is 3. The van der Waals surface area contributed by atoms with Crippen molar-refractivity contribution in [3.63, 3.8) is 0 Å². The van der Waals surface area contributed by atoms with Gasteiger partial charge in [-0.3, -0.25) is 14.4 Å². The van der Waals surface area contributed by atoms with Crippen molar-refractivity contribution in [3.8, 4) is 0 Å². The second kappa shape index (κ2) is 31.6. The third-order valence-corrected chi connectivity index (χ3v) is 7.14. The van der Waals surface area contributed by atoms with E-state index in [9.17, 15) is 14.4 Å². The van der Waals surface area contributed by atoms with Crippen LogP contribution in [0.2, 0.25) is 0 Å². The Balaban J connectivity index is 3.46. The van der Waals surface area contributed by atoms with Gasteiger partial charge in [0.15, 0.2) is 0 Å². The standard InChI is InChI=1S/C35H62O5/c1-3-5-7-9-11-13-15-17-25-31-39-34(37)29-23-19-21-27-33(36)28-22-20-24-30-35(38)40-32-26-18-16-14-12-10-8-6-4-2/h17-18,25-26H,3-16,19-24,27-32H2,1-2H3. The summed E-state index contributed by atoms with van der Waals surface area (Å²) in [6.07, 6.45) is 32.6. The van der Waals surface area contributed by atoms with E-state index in [1.165, 1.54) is 77.0 Å². The van der Waals surface area contributed by atoms with Crippen molar-refractivity contribution in [2.75, 3.05) is 13.2 Å². The largest absolute Gasteiger partial charge is 0.461 e. The van der Waals surface area contributed by atoms with Crippen LogP contribution >= 0.6 is 0 Å². The zero-order valence-electron chi connectivity index (χ0n) is 26.2. The first kappa shape index (κ1) is 38.1. The molecule has 232 valence electrons. The predicted octanol–water partition coefficient (Wildman–Crippen LogP) is 10.2. The molecular weight excluding hydrogens is 500 g/mol. The van der Waals surface area contributed by atoms with E-state index in [-0.39, 0.29) is 17.7 Å². The molecule has 5 nitrogen and oxygen atoms in total. The van der Waals surface area contributed by atoms with Crippen LogP contribution in [-0.2, 0) is 23.9 Å². The molecule has 0 aliphatic rings. The lowest BCUT2D eigenvalue weighted by Crippen LogP contribution is -2.05. The summed E-state index contributed by atoms with van der Waals surface area (Å²) in [4.78, 5) is 35.7. The average molecular weight is 563 g/mol. The molecule has 0 rings (SSSR count). The highest BCUT2D eigenvalue weighted by atomic mass is 16.5. The molecule has 0 bridgehead atoms. The molecule has 0 aliphatic carbocycles. The molecule has 0 aliphatic heterocycles. The van der Waals surface area contributed by atoms with E-state index in [1.54, 1.807) is 0 Å². The molecule has 0 spiro atoms. The Labute approximate surface area is 246 Å². The third kappa shape index (κ3) is 30.6. The Morgan fingerprint density at radius 2 is 0.775 bits per heavy atom. The van der Waals surface area contributed by atoms with Gasteiger partial charge < -0.3 is 9.47 Å². The van der Waals surface area contributed by atoms with Gasteiger partial charge in [-0.25, -0.2) is 0 Å². The fourth-order valence-electron chi connectivity index (χ4n) is 4.54. The van der Waals surface area contributed by atoms with Crippen LogP contribution in [0.1, 0.15) is 168 Å². The molecule has 40 heavy (non-hydrogen) atoms. The number of allylic oxidation sites excluding steroid dienone is 2. The Morgan fingerprint density at radius 1 is 0.425 bits per heavy atom. The van der Waals surface area contributed by atoms with Crippen LogP contribution in [0, 0.1) is 0 Å². The summed E-state index contributed by atoms with van der Waals surface area (Å²) >= 11 is 0. The molecule has 0 aromatic heterocycles. The van der Waals surface area contributed by atoms with Gasteiger partial charge >= 0.3 is 11.9 Å². The maximum atomic E-state index is 12.1. The fourth-order valence-corrected chi connectivity index (χ4v) is 4.54. The first-order valence-corrected chi connectivity index (χ1v) is 16.7. The number of hydrogen-bond acceptors (Lipinski definition) is 5. The lowest BCUT2D eigenvalue weighted by atomic mass is 10.0. The van der Waals surface area contributed by atoms with Crippen LogP contribution in [-0.4, -0.2) is 30.9 Å². The van der Waals surface area contributed by atoms with Crippen molar-refractivity contribution in [1.29, 1.82) is 0 Å². The predicted molar refractivity (Wildman–Crippen MR) is 167 cm³/mol. The van der Waals surface area contributed by atoms with Crippen LogP contribution in [0.5, 0.6) is 0 Å². The maximum absolute atomic E-state index is 12.1. The highest BCUT2D eigenvalue weighted by Crippen LogP contribution is 2.11. The van der Waals surface area contributed by atoms with E-state index in [2.05, 4.69) is 26.0 Å². The molecule has 0 aromatic rings. The van der Waals surface area contributed by atoms with Crippen LogP contribution in [0.4, 0.5) is 0 Å². The average Bonchev–Trinajstić information content (AvgIpc) is 2.94. The monoisotopic (exact) mass is 562 g/mol. The SMILES string of the molecule is CCCCCCCCC=CCOC(=O)CCCCCC(=O)CCCCCC(=O)OCC=CCCCCCCCC. The minimum atomic E-state index is -0.154. The van der Waals surface area contributed by atoms with Crippen LogP contribution in [0.3, 0.4) is 0 Å². The molecule has 0 fully saturated rings. The Morgan fingerprint density at radius 3 is 1.20 bits per heavy atom. The molecule has 0 saturated carbocycles. The number of esters is 2. The number of ether oxygens (including phenoxy) is 2. The van der Waals surface area contributed by atoms with Gasteiger partial charge in [-0.15, -0.1) is 0 Å². The zero-order valence-corrected chi connectivity index (χ0v) is 26.2. The molecule has 0 N–H and O–H groups in total. The molecule has 0 saturated heterocycles. The highest BCUT2D eigenvalue weighted by Gasteiger charge is 2.06. The molecule has 0 atom stereocenters. The minimum Gasteiger partial charge on any atom is -0.461 e. The molecule has 0 heterocycles. The Hall–Kier alpha value is -1.91. The maximum Gasteiger partial charge on any atom is 0.306 e. The topological polar surface area (TPSA) is 69.7 Å². The normalized spacial score (nSPS) is 11.4. The van der Waals surface area contributed by atoms with Crippen LogP contribution in [0.25, 0.3) is 0 Å². The van der Waals surface area contributed by atoms with E-state index < -0.39 is 0 Å². The van der Waals surface area contributed by atoms with E-state index >= 15 is 0 Å². The molecule has 0 unspecified atom stereocenters. The van der Waals surface area contributed by atoms with Crippen molar-refractivity contribution in [3.05, 3.63) is 24.3 Å². The van der Waals surface area contributed by atoms with E-state index in [4.69, 9.17) is 9.47 Å². The quantitative estimate of drug-likeness (QED) is 0.0495. The number of Topliss-reactive ketones (excluding diaryl/α,β-unsaturated/α-hetero) is 1. The van der Waals surface area contributed by atoms with Crippen LogP contribution < -0.4 is 0 Å². The fraction of sp³-hybridized carbons (Fsp3) is 0.800. The van der Waals surface area contributed by atoms with Crippen molar-refractivity contribution in [2.24, 2.45) is 0 Å². The second-order valence-electron chi connectivity index (χ2n) is 11.1. The summed E-state index contributed by atoms with van der Waals surface area (Å²) in [6.45, 7) is 5.19. The van der Waals surface area contributed by atoms with Gasteiger partial charge in [0.05, 0.1) is 0 Å². The molecule has 5 heteroatoms. The van der Waals surface area contributed by atoms with Crippen LogP contribution in [0.15, 0.2) is 24.3 Å². The molecular formula is C35H62O5. The summed E-state index contributed by atoms with van der Waals surface area (Å²) in [7, 11) is 0. The van der Waals surface area contributed by atoms with Crippen molar-refractivity contribution in [1.82, 2.24) is 0 Å². The number of rotatable bonds is 30. The summed E-state index contributed by atoms with van der Waals surface area (Å²) in [6, 6.07) is 0. The highest BCUT2D eigenvalue weighted by molar-refractivity contribution is 5.78. The van der Waals surface area contributed by atoms with Gasteiger partial charge in [0.1, 0.15) is 19.0 Å². The second-order valence-corrected chi connectivity index (χ2v) is 11.1. The first-order valence-electron chi connectivity index (χ1n) is 16.7. The zero-order chi connectivity index (χ0) is 29.4. The van der Waals surface area contributed by atoms with Gasteiger partial charge in [-0.05, 0) is 51.4 Å². The Bertz CT molecular complexity index is 598. The number of ketones is 1. The first-order chi connectivity index (χ1) is 19.6. The number of hydrogen-bond donors (Lipinski definition) is 0. The van der Waals surface area contributed by atoms with Gasteiger partial charge in [0.25, 0.3) is 0 Å². The smallest absolute Gasteiger partial charge is 0.306 e. The lowest BCUT2D eigenvalue weighted by molar-refractivity contribution is -0.143. The number of carbonyl (C=O) groups excluding carboxylic acids is 3. The summed E-state index contributed by atoms with van der Waals surface area (Å²) < 4.78 is 10.5. The number of unbranched alkanes of at least 4 members (excludes halogenated alkanes) is 16. The minimum absolute atomic E-state index is 0.154. The Kier molecular flexibility index (Phi) is 30.1. The summed E-state index contributed by atoms with van der Waals surface area (Å²) in [5.74, 6) is -0.0346. The van der Waals surface area contributed by atoms with Crippen molar-refractivity contribution in [2.45, 2.75) is 168 Å². The third-order valence-electron chi connectivity index (χ3n) is 7.14. The lowest BCUT2D eigenvalue weighted by Gasteiger charge is -2.04.